The minimum Gasteiger partial charge on any atom is -0.462 e. The van der Waals surface area contributed by atoms with Gasteiger partial charge in [0.25, 0.3) is 5.91 Å². The topological polar surface area (TPSA) is 88.3 Å². The predicted octanol–water partition coefficient (Wildman–Crippen LogP) is 1.28. The summed E-state index contributed by atoms with van der Waals surface area (Å²) in [5.74, 6) is -0.171. The third-order valence-electron chi connectivity index (χ3n) is 3.70. The number of benzene rings is 1. The van der Waals surface area contributed by atoms with Crippen LogP contribution >= 0.6 is 23.2 Å². The Hall–Kier alpha value is -1.89. The van der Waals surface area contributed by atoms with E-state index in [1.54, 1.807) is 0 Å². The number of halogens is 2. The van der Waals surface area contributed by atoms with Crippen molar-refractivity contribution in [3.63, 3.8) is 0 Å². The van der Waals surface area contributed by atoms with Crippen molar-refractivity contribution in [2.24, 2.45) is 5.10 Å². The van der Waals surface area contributed by atoms with Gasteiger partial charge in [0.1, 0.15) is 6.26 Å². The van der Waals surface area contributed by atoms with Gasteiger partial charge >= 0.3 is 0 Å². The Morgan fingerprint density at radius 2 is 2.26 bits per heavy atom. The molecular weight excluding hydrogens is 341 g/mol. The first-order chi connectivity index (χ1) is 11.1. The Balaban J connectivity index is 1.83. The molecule has 3 N–H and O–H groups in total. The van der Waals surface area contributed by atoms with Crippen LogP contribution in [-0.2, 0) is 4.79 Å². The zero-order valence-electron chi connectivity index (χ0n) is 12.0. The van der Waals surface area contributed by atoms with Gasteiger partial charge in [-0.3, -0.25) is 9.59 Å². The van der Waals surface area contributed by atoms with Gasteiger partial charge in [-0.05, 0) is 12.1 Å². The Bertz CT molecular complexity index is 842. The summed E-state index contributed by atoms with van der Waals surface area (Å²) >= 11 is 11.9. The van der Waals surface area contributed by atoms with Gasteiger partial charge in [-0.15, -0.1) is 0 Å². The van der Waals surface area contributed by atoms with Crippen LogP contribution in [0.4, 0.5) is 0 Å². The van der Waals surface area contributed by atoms with Crippen LogP contribution in [-0.4, -0.2) is 24.7 Å². The van der Waals surface area contributed by atoms with Gasteiger partial charge in [0.2, 0.25) is 5.43 Å². The molecule has 0 spiro atoms. The summed E-state index contributed by atoms with van der Waals surface area (Å²) < 4.78 is 5.37. The highest BCUT2D eigenvalue weighted by molar-refractivity contribution is 6.38. The van der Waals surface area contributed by atoms with Crippen LogP contribution in [0.15, 0.2) is 32.7 Å². The van der Waals surface area contributed by atoms with Crippen LogP contribution in [0.25, 0.3) is 11.0 Å². The highest BCUT2D eigenvalue weighted by Crippen LogP contribution is 2.26. The molecular formula is C15H14Cl2N3O3+. The number of quaternary nitrogens is 1. The third-order valence-corrected chi connectivity index (χ3v) is 4.20. The second-order valence-corrected chi connectivity index (χ2v) is 6.14. The van der Waals surface area contributed by atoms with E-state index in [2.05, 4.69) is 10.5 Å². The van der Waals surface area contributed by atoms with E-state index in [1.807, 2.05) is 5.32 Å². The molecule has 0 aliphatic carbocycles. The Kier molecular flexibility index (Phi) is 4.66. The molecule has 1 aliphatic rings. The van der Waals surface area contributed by atoms with Gasteiger partial charge in [-0.2, -0.15) is 5.10 Å². The molecule has 0 bridgehead atoms. The number of nitrogens with zero attached hydrogens (tertiary/aromatic N) is 1. The van der Waals surface area contributed by atoms with Crippen molar-refractivity contribution < 1.29 is 14.5 Å². The van der Waals surface area contributed by atoms with E-state index in [0.29, 0.717) is 5.02 Å². The van der Waals surface area contributed by atoms with Crippen LogP contribution in [0.1, 0.15) is 18.4 Å². The number of carbonyl (C=O) groups excluding carboxylic acids is 1. The number of fused-ring (bicyclic) bond motifs is 1. The number of hydrogen-bond donors (Lipinski definition) is 2. The minimum atomic E-state index is -0.318. The fourth-order valence-electron chi connectivity index (χ4n) is 2.53. The molecule has 2 heterocycles. The van der Waals surface area contributed by atoms with Crippen LogP contribution in [0.3, 0.4) is 0 Å². The Morgan fingerprint density at radius 1 is 1.43 bits per heavy atom. The average molecular weight is 355 g/mol. The smallest absolute Gasteiger partial charge is 0.298 e. The zero-order valence-corrected chi connectivity index (χ0v) is 13.5. The number of hydrazone groups is 1. The molecule has 1 aliphatic heterocycles. The summed E-state index contributed by atoms with van der Waals surface area (Å²) in [5.41, 5.74) is 2.59. The van der Waals surface area contributed by atoms with Crippen molar-refractivity contribution in [2.45, 2.75) is 18.9 Å². The van der Waals surface area contributed by atoms with Gasteiger partial charge in [0, 0.05) is 17.9 Å². The molecule has 1 amide bonds. The van der Waals surface area contributed by atoms with Gasteiger partial charge in [-0.1, -0.05) is 23.2 Å². The predicted molar refractivity (Wildman–Crippen MR) is 88.1 cm³/mol. The molecule has 1 aromatic carbocycles. The fourth-order valence-corrected chi connectivity index (χ4v) is 3.07. The summed E-state index contributed by atoms with van der Waals surface area (Å²) in [5, 5.41) is 6.67. The van der Waals surface area contributed by atoms with E-state index in [0.717, 1.165) is 19.4 Å². The highest BCUT2D eigenvalue weighted by Gasteiger charge is 2.25. The lowest BCUT2D eigenvalue weighted by molar-refractivity contribution is -0.657. The molecule has 1 fully saturated rings. The second kappa shape index (κ2) is 6.70. The fraction of sp³-hybridized carbons (Fsp3) is 0.267. The van der Waals surface area contributed by atoms with E-state index in [4.69, 9.17) is 27.6 Å². The summed E-state index contributed by atoms with van der Waals surface area (Å²) in [4.78, 5) is 24.2. The molecule has 0 unspecified atom stereocenters. The molecule has 0 saturated carbocycles. The minimum absolute atomic E-state index is 0.113. The van der Waals surface area contributed by atoms with E-state index < -0.39 is 0 Å². The number of hydrogen-bond acceptors (Lipinski definition) is 4. The van der Waals surface area contributed by atoms with E-state index in [9.17, 15) is 9.59 Å². The number of carbonyl (C=O) groups is 1. The standard InChI is InChI=1S/C15H13Cl2N3O3/c16-9-4-10-13(21)8(7-23-14(10)11(17)5-9)6-19-20-15(22)12-2-1-3-18-12/h4-7,12,18H,1-3H2,(H,20,22)/p+1/t12-/m1/s1. The van der Waals surface area contributed by atoms with Crippen molar-refractivity contribution in [1.29, 1.82) is 0 Å². The quantitative estimate of drug-likeness (QED) is 0.642. The highest BCUT2D eigenvalue weighted by atomic mass is 35.5. The zero-order chi connectivity index (χ0) is 16.4. The lowest BCUT2D eigenvalue weighted by Gasteiger charge is -2.04. The van der Waals surface area contributed by atoms with Crippen molar-refractivity contribution in [2.75, 3.05) is 6.54 Å². The number of rotatable bonds is 3. The van der Waals surface area contributed by atoms with Crippen LogP contribution in [0.2, 0.25) is 10.0 Å². The van der Waals surface area contributed by atoms with Crippen LogP contribution < -0.4 is 16.2 Å². The lowest BCUT2D eigenvalue weighted by Crippen LogP contribution is -2.89. The van der Waals surface area contributed by atoms with E-state index in [-0.39, 0.29) is 38.9 Å². The molecule has 1 saturated heterocycles. The third kappa shape index (κ3) is 3.39. The molecule has 1 aromatic heterocycles. The maximum absolute atomic E-state index is 12.4. The van der Waals surface area contributed by atoms with Gasteiger partial charge < -0.3 is 9.73 Å². The van der Waals surface area contributed by atoms with Crippen LogP contribution in [0, 0.1) is 0 Å². The average Bonchev–Trinajstić information content (AvgIpc) is 3.04. The lowest BCUT2D eigenvalue weighted by atomic mass is 10.2. The Labute approximate surface area is 141 Å². The summed E-state index contributed by atoms with van der Waals surface area (Å²) in [6, 6.07) is 2.87. The second-order valence-electron chi connectivity index (χ2n) is 5.29. The first-order valence-corrected chi connectivity index (χ1v) is 7.88. The molecule has 0 radical (unpaired) electrons. The van der Waals surface area contributed by atoms with Crippen molar-refractivity contribution in [1.82, 2.24) is 5.43 Å². The Morgan fingerprint density at radius 3 is 3.00 bits per heavy atom. The maximum atomic E-state index is 12.4. The van der Waals surface area contributed by atoms with E-state index in [1.165, 1.54) is 24.6 Å². The van der Waals surface area contributed by atoms with Gasteiger partial charge in [-0.25, -0.2) is 5.43 Å². The molecule has 6 nitrogen and oxygen atoms in total. The SMILES string of the molecule is O=C(NN=Cc1coc2c(Cl)cc(Cl)cc2c1=O)[C@H]1CCC[NH2+]1. The number of amides is 1. The van der Waals surface area contributed by atoms with Crippen LogP contribution in [0.5, 0.6) is 0 Å². The first-order valence-electron chi connectivity index (χ1n) is 7.13. The molecule has 1 atom stereocenters. The first kappa shape index (κ1) is 16.0. The van der Waals surface area contributed by atoms with Gasteiger partial charge in [0.05, 0.1) is 28.7 Å². The maximum Gasteiger partial charge on any atom is 0.298 e. The molecule has 3 rings (SSSR count). The monoisotopic (exact) mass is 354 g/mol. The summed E-state index contributed by atoms with van der Waals surface area (Å²) in [6.07, 6.45) is 4.35. The molecule has 23 heavy (non-hydrogen) atoms. The molecule has 120 valence electrons. The molecule has 8 heteroatoms. The number of nitrogens with two attached hydrogens (primary N) is 1. The summed E-state index contributed by atoms with van der Waals surface area (Å²) in [6.45, 7) is 0.942. The van der Waals surface area contributed by atoms with Crippen molar-refractivity contribution >= 4 is 46.3 Å². The van der Waals surface area contributed by atoms with Crippen molar-refractivity contribution in [3.05, 3.63) is 44.2 Å². The van der Waals surface area contributed by atoms with Crippen molar-refractivity contribution in [3.8, 4) is 0 Å². The van der Waals surface area contributed by atoms with Gasteiger partial charge in [0.15, 0.2) is 11.6 Å². The molecule has 2 aromatic rings. The number of nitrogens with one attached hydrogen (secondary N) is 1. The normalized spacial score (nSPS) is 17.9. The summed E-state index contributed by atoms with van der Waals surface area (Å²) in [7, 11) is 0. The largest absolute Gasteiger partial charge is 0.462 e. The van der Waals surface area contributed by atoms with E-state index >= 15 is 0 Å².